The molecule has 8 heteroatoms. The topological polar surface area (TPSA) is 76.5 Å². The second-order valence-corrected chi connectivity index (χ2v) is 7.10. The van der Waals surface area contributed by atoms with E-state index in [1.165, 1.54) is 11.8 Å². The zero-order chi connectivity index (χ0) is 18.9. The molecule has 0 spiro atoms. The SMILES string of the molecule is C=CCOc1ccc(/C=N\NC(=O)CSc2nc(C)cc(C)n2)cc1Br. The molecule has 1 aromatic carbocycles. The Balaban J connectivity index is 1.84. The largest absolute Gasteiger partial charge is 0.488 e. The van der Waals surface area contributed by atoms with Crippen LogP contribution in [0, 0.1) is 13.8 Å². The summed E-state index contributed by atoms with van der Waals surface area (Å²) in [4.78, 5) is 20.4. The van der Waals surface area contributed by atoms with Crippen LogP contribution in [0.15, 0.2) is 51.7 Å². The summed E-state index contributed by atoms with van der Waals surface area (Å²) in [5, 5.41) is 4.55. The van der Waals surface area contributed by atoms with E-state index < -0.39 is 0 Å². The summed E-state index contributed by atoms with van der Waals surface area (Å²) in [7, 11) is 0. The van der Waals surface area contributed by atoms with Crippen molar-refractivity contribution in [3.05, 3.63) is 58.3 Å². The first kappa shape index (κ1) is 20.1. The van der Waals surface area contributed by atoms with Gasteiger partial charge < -0.3 is 4.74 Å². The van der Waals surface area contributed by atoms with Crippen LogP contribution in [-0.2, 0) is 4.79 Å². The number of aryl methyl sites for hydroxylation is 2. The van der Waals surface area contributed by atoms with E-state index in [-0.39, 0.29) is 11.7 Å². The highest BCUT2D eigenvalue weighted by molar-refractivity contribution is 9.10. The number of nitrogens with zero attached hydrogens (tertiary/aromatic N) is 3. The Morgan fingerprint density at radius 2 is 2.08 bits per heavy atom. The fourth-order valence-corrected chi connectivity index (χ4v) is 3.22. The van der Waals surface area contributed by atoms with E-state index in [1.807, 2.05) is 38.1 Å². The lowest BCUT2D eigenvalue weighted by atomic mass is 10.2. The maximum absolute atomic E-state index is 11.9. The molecular formula is C18H19BrN4O2S. The average molecular weight is 435 g/mol. The number of nitrogens with one attached hydrogen (secondary N) is 1. The number of hydrogen-bond acceptors (Lipinski definition) is 6. The lowest BCUT2D eigenvalue weighted by Gasteiger charge is -2.06. The van der Waals surface area contributed by atoms with E-state index in [0.717, 1.165) is 27.2 Å². The Kier molecular flexibility index (Phi) is 7.80. The summed E-state index contributed by atoms with van der Waals surface area (Å²) in [6.45, 7) is 7.84. The molecular weight excluding hydrogens is 416 g/mol. The zero-order valence-electron chi connectivity index (χ0n) is 14.5. The van der Waals surface area contributed by atoms with Crippen molar-refractivity contribution in [1.82, 2.24) is 15.4 Å². The summed E-state index contributed by atoms with van der Waals surface area (Å²) in [5.41, 5.74) is 5.08. The minimum atomic E-state index is -0.223. The van der Waals surface area contributed by atoms with Crippen LogP contribution in [0.4, 0.5) is 0 Å². The molecule has 0 aliphatic rings. The Hall–Kier alpha value is -2.19. The van der Waals surface area contributed by atoms with Crippen molar-refractivity contribution in [2.75, 3.05) is 12.4 Å². The molecule has 0 saturated heterocycles. The van der Waals surface area contributed by atoms with Gasteiger partial charge in [0.2, 0.25) is 0 Å². The number of hydrogen-bond donors (Lipinski definition) is 1. The maximum Gasteiger partial charge on any atom is 0.250 e. The molecule has 136 valence electrons. The van der Waals surface area contributed by atoms with Crippen molar-refractivity contribution in [2.24, 2.45) is 5.10 Å². The van der Waals surface area contributed by atoms with E-state index in [0.29, 0.717) is 11.8 Å². The second kappa shape index (κ2) is 10.1. The predicted molar refractivity (Wildman–Crippen MR) is 108 cm³/mol. The van der Waals surface area contributed by atoms with Gasteiger partial charge in [-0.15, -0.1) is 0 Å². The number of benzene rings is 1. The molecule has 0 bridgehead atoms. The highest BCUT2D eigenvalue weighted by Crippen LogP contribution is 2.25. The van der Waals surface area contributed by atoms with Crippen molar-refractivity contribution in [3.8, 4) is 5.75 Å². The zero-order valence-corrected chi connectivity index (χ0v) is 16.9. The van der Waals surface area contributed by atoms with Crippen molar-refractivity contribution < 1.29 is 9.53 Å². The van der Waals surface area contributed by atoms with E-state index in [9.17, 15) is 4.79 Å². The van der Waals surface area contributed by atoms with Crippen molar-refractivity contribution in [3.63, 3.8) is 0 Å². The van der Waals surface area contributed by atoms with Gasteiger partial charge in [-0.05, 0) is 59.6 Å². The summed E-state index contributed by atoms with van der Waals surface area (Å²) >= 11 is 4.71. The van der Waals surface area contributed by atoms with Gasteiger partial charge in [-0.25, -0.2) is 15.4 Å². The van der Waals surface area contributed by atoms with Crippen LogP contribution >= 0.6 is 27.7 Å². The molecule has 0 saturated carbocycles. The highest BCUT2D eigenvalue weighted by atomic mass is 79.9. The summed E-state index contributed by atoms with van der Waals surface area (Å²) < 4.78 is 6.28. The molecule has 6 nitrogen and oxygen atoms in total. The minimum absolute atomic E-state index is 0.193. The van der Waals surface area contributed by atoms with Crippen LogP contribution in [0.2, 0.25) is 0 Å². The van der Waals surface area contributed by atoms with E-state index in [4.69, 9.17) is 4.74 Å². The van der Waals surface area contributed by atoms with Crippen LogP contribution in [0.5, 0.6) is 5.75 Å². The average Bonchev–Trinajstić information content (AvgIpc) is 2.58. The normalized spacial score (nSPS) is 10.7. The van der Waals surface area contributed by atoms with Crippen molar-refractivity contribution in [1.29, 1.82) is 0 Å². The third-order valence-electron chi connectivity index (χ3n) is 3.01. The van der Waals surface area contributed by atoms with Gasteiger partial charge in [0.25, 0.3) is 5.91 Å². The van der Waals surface area contributed by atoms with E-state index >= 15 is 0 Å². The molecule has 26 heavy (non-hydrogen) atoms. The Bertz CT molecular complexity index is 807. The standard InChI is InChI=1S/C18H19BrN4O2S/c1-4-7-25-16-6-5-14(9-15(16)19)10-20-23-17(24)11-26-18-21-12(2)8-13(3)22-18/h4-6,8-10H,1,7,11H2,2-3H3,(H,23,24)/b20-10-. The van der Waals surface area contributed by atoms with Gasteiger partial charge in [0.15, 0.2) is 5.16 Å². The van der Waals surface area contributed by atoms with E-state index in [2.05, 4.69) is 43.0 Å². The van der Waals surface area contributed by atoms with E-state index in [1.54, 1.807) is 12.3 Å². The quantitative estimate of drug-likeness (QED) is 0.225. The minimum Gasteiger partial charge on any atom is -0.488 e. The molecule has 1 amide bonds. The fraction of sp³-hybridized carbons (Fsp3) is 0.222. The smallest absolute Gasteiger partial charge is 0.250 e. The molecule has 2 aromatic rings. The predicted octanol–water partition coefficient (Wildman–Crippen LogP) is 3.66. The van der Waals surface area contributed by atoms with Gasteiger partial charge in [0, 0.05) is 11.4 Å². The number of carbonyl (C=O) groups is 1. The van der Waals surface area contributed by atoms with Crippen molar-refractivity contribution in [2.45, 2.75) is 19.0 Å². The third-order valence-corrected chi connectivity index (χ3v) is 4.48. The number of aromatic nitrogens is 2. The molecule has 0 radical (unpaired) electrons. The second-order valence-electron chi connectivity index (χ2n) is 5.30. The van der Waals surface area contributed by atoms with Gasteiger partial charge in [-0.1, -0.05) is 24.4 Å². The van der Waals surface area contributed by atoms with Crippen LogP contribution in [0.3, 0.4) is 0 Å². The molecule has 0 unspecified atom stereocenters. The van der Waals surface area contributed by atoms with Gasteiger partial charge in [0.1, 0.15) is 12.4 Å². The van der Waals surface area contributed by atoms with Gasteiger partial charge in [-0.2, -0.15) is 5.10 Å². The molecule has 0 atom stereocenters. The summed E-state index contributed by atoms with van der Waals surface area (Å²) in [5.74, 6) is 0.688. The van der Waals surface area contributed by atoms with Gasteiger partial charge >= 0.3 is 0 Å². The Morgan fingerprint density at radius 3 is 2.73 bits per heavy atom. The molecule has 0 aliphatic carbocycles. The molecule has 1 aromatic heterocycles. The third kappa shape index (κ3) is 6.61. The van der Waals surface area contributed by atoms with Crippen molar-refractivity contribution >= 4 is 39.8 Å². The molecule has 0 fully saturated rings. The van der Waals surface area contributed by atoms with Crippen LogP contribution < -0.4 is 10.2 Å². The summed E-state index contributed by atoms with van der Waals surface area (Å²) in [6, 6.07) is 7.41. The molecule has 1 heterocycles. The number of hydrazone groups is 1. The number of amides is 1. The first-order valence-corrected chi connectivity index (χ1v) is 9.56. The monoisotopic (exact) mass is 434 g/mol. The first-order valence-electron chi connectivity index (χ1n) is 7.78. The number of ether oxygens (including phenoxy) is 1. The fourth-order valence-electron chi connectivity index (χ4n) is 1.96. The Labute approximate surface area is 165 Å². The van der Waals surface area contributed by atoms with Crippen LogP contribution in [0.25, 0.3) is 0 Å². The first-order chi connectivity index (χ1) is 12.5. The molecule has 2 rings (SSSR count). The van der Waals surface area contributed by atoms with Crippen LogP contribution in [-0.4, -0.2) is 34.4 Å². The molecule has 1 N–H and O–H groups in total. The number of rotatable bonds is 8. The highest BCUT2D eigenvalue weighted by Gasteiger charge is 2.05. The molecule has 0 aliphatic heterocycles. The lowest BCUT2D eigenvalue weighted by molar-refractivity contribution is -0.118. The number of halogens is 1. The summed E-state index contributed by atoms with van der Waals surface area (Å²) in [6.07, 6.45) is 3.25. The van der Waals surface area contributed by atoms with Gasteiger partial charge in [0.05, 0.1) is 16.4 Å². The van der Waals surface area contributed by atoms with Crippen LogP contribution in [0.1, 0.15) is 17.0 Å². The number of carbonyl (C=O) groups excluding carboxylic acids is 1. The lowest BCUT2D eigenvalue weighted by Crippen LogP contribution is -2.19. The number of thioether (sulfide) groups is 1. The Morgan fingerprint density at radius 1 is 1.35 bits per heavy atom. The maximum atomic E-state index is 11.9. The van der Waals surface area contributed by atoms with Gasteiger partial charge in [-0.3, -0.25) is 4.79 Å².